The monoisotopic (exact) mass is 299 g/mol. The number of carboxylic acids is 1. The highest BCUT2D eigenvalue weighted by atomic mass is 32.2. The molecule has 106 valence electrons. The number of carbonyl (C=O) groups is 1. The van der Waals surface area contributed by atoms with Gasteiger partial charge in [-0.1, -0.05) is 48.2 Å². The molecule has 0 fully saturated rings. The highest BCUT2D eigenvalue weighted by Gasteiger charge is 2.14. The Labute approximate surface area is 125 Å². The van der Waals surface area contributed by atoms with Crippen molar-refractivity contribution in [2.24, 2.45) is 0 Å². The van der Waals surface area contributed by atoms with E-state index in [1.54, 1.807) is 0 Å². The van der Waals surface area contributed by atoms with Crippen LogP contribution >= 0.6 is 11.8 Å². The van der Waals surface area contributed by atoms with Crippen LogP contribution in [0.2, 0.25) is 0 Å². The van der Waals surface area contributed by atoms with E-state index in [1.165, 1.54) is 6.92 Å². The number of thioether (sulfide) groups is 1. The van der Waals surface area contributed by atoms with Gasteiger partial charge in [0.15, 0.2) is 0 Å². The fraction of sp³-hybridized carbons (Fsp3) is 0.133. The second kappa shape index (κ2) is 5.57. The second-order valence-electron chi connectivity index (χ2n) is 4.48. The van der Waals surface area contributed by atoms with Crippen molar-refractivity contribution in [1.29, 1.82) is 0 Å². The Balaban J connectivity index is 1.97. The van der Waals surface area contributed by atoms with E-state index in [1.807, 2.05) is 42.5 Å². The van der Waals surface area contributed by atoms with Crippen LogP contribution in [0.1, 0.15) is 6.92 Å². The van der Waals surface area contributed by atoms with Gasteiger partial charge in [-0.25, -0.2) is 0 Å². The van der Waals surface area contributed by atoms with Crippen LogP contribution in [0.4, 0.5) is 0 Å². The van der Waals surface area contributed by atoms with Crippen molar-refractivity contribution in [1.82, 2.24) is 10.2 Å². The van der Waals surface area contributed by atoms with Gasteiger partial charge in [-0.3, -0.25) is 0 Å². The number of aromatic nitrogens is 2. The van der Waals surface area contributed by atoms with Crippen molar-refractivity contribution in [3.05, 3.63) is 42.5 Å². The third-order valence-corrected chi connectivity index (χ3v) is 3.95. The molecule has 21 heavy (non-hydrogen) atoms. The van der Waals surface area contributed by atoms with Crippen LogP contribution in [0.3, 0.4) is 0 Å². The molecule has 0 aliphatic heterocycles. The molecule has 0 unspecified atom stereocenters. The molecule has 5 nitrogen and oxygen atoms in total. The molecular formula is C15H11N2O3S-. The lowest BCUT2D eigenvalue weighted by Gasteiger charge is -2.07. The van der Waals surface area contributed by atoms with E-state index >= 15 is 0 Å². The summed E-state index contributed by atoms with van der Waals surface area (Å²) in [6.07, 6.45) is 0. The van der Waals surface area contributed by atoms with Crippen LogP contribution in [-0.4, -0.2) is 21.4 Å². The molecule has 0 amide bonds. The number of carbonyl (C=O) groups excluding carboxylic acids is 1. The standard InChI is InChI=1S/C15H12N2O3S/c1-9(14(18)19)21-15-17-16-13(20-15)12-8-4-6-10-5-2-3-7-11(10)12/h2-9H,1H3,(H,18,19)/p-1/t9-/m0/s1. The number of hydrogen-bond donors (Lipinski definition) is 0. The van der Waals surface area contributed by atoms with Gasteiger partial charge in [-0.15, -0.1) is 10.2 Å². The first kappa shape index (κ1) is 13.6. The van der Waals surface area contributed by atoms with Crippen LogP contribution in [0.5, 0.6) is 0 Å². The maximum absolute atomic E-state index is 10.7. The van der Waals surface area contributed by atoms with Crippen molar-refractivity contribution in [2.75, 3.05) is 0 Å². The Hall–Kier alpha value is -2.34. The third-order valence-electron chi connectivity index (χ3n) is 3.04. The van der Waals surface area contributed by atoms with Gasteiger partial charge in [0.25, 0.3) is 5.22 Å². The maximum Gasteiger partial charge on any atom is 0.277 e. The van der Waals surface area contributed by atoms with E-state index in [4.69, 9.17) is 4.42 Å². The van der Waals surface area contributed by atoms with Gasteiger partial charge < -0.3 is 14.3 Å². The van der Waals surface area contributed by atoms with Crippen LogP contribution < -0.4 is 5.11 Å². The minimum absolute atomic E-state index is 0.217. The van der Waals surface area contributed by atoms with E-state index in [0.29, 0.717) is 5.89 Å². The number of hydrogen-bond acceptors (Lipinski definition) is 6. The first-order chi connectivity index (χ1) is 10.1. The summed E-state index contributed by atoms with van der Waals surface area (Å²) in [5, 5.41) is 20.2. The summed E-state index contributed by atoms with van der Waals surface area (Å²) in [5.74, 6) is -0.787. The molecule has 1 atom stereocenters. The molecule has 0 N–H and O–H groups in total. The summed E-state index contributed by atoms with van der Waals surface area (Å²) < 4.78 is 5.55. The first-order valence-electron chi connectivity index (χ1n) is 6.34. The Bertz CT molecular complexity index is 795. The Kier molecular flexibility index (Phi) is 3.62. The number of fused-ring (bicyclic) bond motifs is 1. The van der Waals surface area contributed by atoms with Crippen LogP contribution in [0.25, 0.3) is 22.2 Å². The van der Waals surface area contributed by atoms with Crippen molar-refractivity contribution in [2.45, 2.75) is 17.4 Å². The van der Waals surface area contributed by atoms with Gasteiger partial charge in [0.1, 0.15) is 0 Å². The average molecular weight is 299 g/mol. The summed E-state index contributed by atoms with van der Waals surface area (Å²) in [6.45, 7) is 1.52. The molecule has 1 aromatic heterocycles. The summed E-state index contributed by atoms with van der Waals surface area (Å²) in [7, 11) is 0. The SMILES string of the molecule is C[C@H](Sc1nnc(-c2cccc3ccccc23)o1)C(=O)[O-]. The van der Waals surface area contributed by atoms with Crippen LogP contribution in [0.15, 0.2) is 52.1 Å². The number of rotatable bonds is 4. The summed E-state index contributed by atoms with van der Waals surface area (Å²) in [6, 6.07) is 13.7. The fourth-order valence-electron chi connectivity index (χ4n) is 1.98. The van der Waals surface area contributed by atoms with E-state index in [2.05, 4.69) is 10.2 Å². The van der Waals surface area contributed by atoms with E-state index in [-0.39, 0.29) is 5.22 Å². The molecule has 0 saturated carbocycles. The molecular weight excluding hydrogens is 288 g/mol. The van der Waals surface area contributed by atoms with Gasteiger partial charge in [0, 0.05) is 5.56 Å². The van der Waals surface area contributed by atoms with Crippen molar-refractivity contribution in [3.8, 4) is 11.5 Å². The number of benzene rings is 2. The summed E-state index contributed by atoms with van der Waals surface area (Å²) >= 11 is 0.970. The van der Waals surface area contributed by atoms with Crippen molar-refractivity contribution in [3.63, 3.8) is 0 Å². The molecule has 0 radical (unpaired) electrons. The zero-order valence-corrected chi connectivity index (χ0v) is 12.0. The highest BCUT2D eigenvalue weighted by molar-refractivity contribution is 8.00. The van der Waals surface area contributed by atoms with Crippen LogP contribution in [-0.2, 0) is 4.79 Å². The molecule has 1 heterocycles. The van der Waals surface area contributed by atoms with Gasteiger partial charge in [-0.2, -0.15) is 0 Å². The van der Waals surface area contributed by atoms with E-state index in [9.17, 15) is 9.90 Å². The number of carboxylic acid groups (broad SMARTS) is 1. The molecule has 3 rings (SSSR count). The highest BCUT2D eigenvalue weighted by Crippen LogP contribution is 2.30. The average Bonchev–Trinajstić information content (AvgIpc) is 2.95. The molecule has 6 heteroatoms. The quantitative estimate of drug-likeness (QED) is 0.687. The minimum atomic E-state index is -1.16. The van der Waals surface area contributed by atoms with Crippen molar-refractivity contribution < 1.29 is 14.3 Å². The molecule has 0 saturated heterocycles. The first-order valence-corrected chi connectivity index (χ1v) is 7.22. The number of aliphatic carboxylic acids is 1. The molecule has 0 spiro atoms. The Morgan fingerprint density at radius 3 is 2.76 bits per heavy atom. The van der Waals surface area contributed by atoms with Gasteiger partial charge in [0.05, 0.1) is 11.2 Å². The normalized spacial score (nSPS) is 12.4. The lowest BCUT2D eigenvalue weighted by atomic mass is 10.0. The topological polar surface area (TPSA) is 79.0 Å². The predicted molar refractivity (Wildman–Crippen MR) is 77.6 cm³/mol. The van der Waals surface area contributed by atoms with Gasteiger partial charge >= 0.3 is 0 Å². The van der Waals surface area contributed by atoms with Gasteiger partial charge in [-0.05, 0) is 23.8 Å². The molecule has 0 aliphatic rings. The van der Waals surface area contributed by atoms with E-state index < -0.39 is 11.2 Å². The van der Waals surface area contributed by atoms with E-state index in [0.717, 1.165) is 28.1 Å². The largest absolute Gasteiger partial charge is 0.549 e. The Morgan fingerprint density at radius 2 is 1.95 bits per heavy atom. The lowest BCUT2D eigenvalue weighted by molar-refractivity contribution is -0.304. The van der Waals surface area contributed by atoms with Crippen molar-refractivity contribution >= 4 is 28.5 Å². The number of nitrogens with zero attached hydrogens (tertiary/aromatic N) is 2. The zero-order chi connectivity index (χ0) is 14.8. The predicted octanol–water partition coefficient (Wildman–Crippen LogP) is 2.12. The minimum Gasteiger partial charge on any atom is -0.549 e. The molecule has 0 bridgehead atoms. The van der Waals surface area contributed by atoms with Gasteiger partial charge in [0.2, 0.25) is 5.89 Å². The summed E-state index contributed by atoms with van der Waals surface area (Å²) in [4.78, 5) is 10.7. The fourth-order valence-corrected chi connectivity index (χ4v) is 2.59. The molecule has 0 aliphatic carbocycles. The Morgan fingerprint density at radius 1 is 1.19 bits per heavy atom. The molecule has 3 aromatic rings. The molecule has 2 aromatic carbocycles. The maximum atomic E-state index is 10.7. The summed E-state index contributed by atoms with van der Waals surface area (Å²) in [5.41, 5.74) is 0.827. The zero-order valence-electron chi connectivity index (χ0n) is 11.1. The second-order valence-corrected chi connectivity index (χ2v) is 5.77. The third kappa shape index (κ3) is 2.75. The lowest BCUT2D eigenvalue weighted by Crippen LogP contribution is -2.31. The smallest absolute Gasteiger partial charge is 0.277 e. The van der Waals surface area contributed by atoms with Crippen LogP contribution in [0, 0.1) is 0 Å².